The summed E-state index contributed by atoms with van der Waals surface area (Å²) in [7, 11) is 0. The van der Waals surface area contributed by atoms with Gasteiger partial charge in [0.05, 0.1) is 0 Å². The molecule has 2 heterocycles. The maximum Gasteiger partial charge on any atom is 0.150 e. The highest BCUT2D eigenvalue weighted by Gasteiger charge is 2.61. The van der Waals surface area contributed by atoms with Crippen molar-refractivity contribution in [2.24, 2.45) is 17.3 Å². The van der Waals surface area contributed by atoms with Crippen molar-refractivity contribution in [3.8, 4) is 0 Å². The molecular weight excluding hydrogens is 287 g/mol. The molecule has 0 radical (unpaired) electrons. The van der Waals surface area contributed by atoms with Crippen LogP contribution in [0.3, 0.4) is 0 Å². The quantitative estimate of drug-likeness (QED) is 0.525. The maximum absolute atomic E-state index is 2.57. The molecule has 1 aromatic rings. The van der Waals surface area contributed by atoms with Crippen LogP contribution >= 0.6 is 0 Å². The Labute approximate surface area is 148 Å². The van der Waals surface area contributed by atoms with Gasteiger partial charge in [0.1, 0.15) is 6.71 Å². The molecule has 24 heavy (non-hydrogen) atoms. The van der Waals surface area contributed by atoms with Gasteiger partial charge in [0.2, 0.25) is 0 Å². The van der Waals surface area contributed by atoms with Crippen molar-refractivity contribution in [3.63, 3.8) is 0 Å². The lowest BCUT2D eigenvalue weighted by atomic mass is 9.17. The third-order valence-corrected chi connectivity index (χ3v) is 9.06. The van der Waals surface area contributed by atoms with E-state index in [1.807, 2.05) is 0 Å². The van der Waals surface area contributed by atoms with Gasteiger partial charge in [-0.3, -0.25) is 0 Å². The molecule has 2 aliphatic heterocycles. The summed E-state index contributed by atoms with van der Waals surface area (Å²) in [5.41, 5.74) is 2.25. The largest absolute Gasteiger partial charge is 0.150 e. The van der Waals surface area contributed by atoms with E-state index in [1.165, 1.54) is 51.4 Å². The van der Waals surface area contributed by atoms with E-state index in [-0.39, 0.29) is 0 Å². The summed E-state index contributed by atoms with van der Waals surface area (Å²) in [5.74, 6) is 5.90. The number of hydrogen-bond donors (Lipinski definition) is 0. The second kappa shape index (κ2) is 5.65. The van der Waals surface area contributed by atoms with Crippen molar-refractivity contribution in [1.82, 2.24) is 0 Å². The molecule has 0 N–H and O–H groups in total. The lowest BCUT2D eigenvalue weighted by Gasteiger charge is -2.65. The van der Waals surface area contributed by atoms with Gasteiger partial charge >= 0.3 is 0 Å². The van der Waals surface area contributed by atoms with Crippen LogP contribution in [0.4, 0.5) is 0 Å². The number of fused-ring (bicyclic) bond motifs is 5. The minimum atomic E-state index is 0.584. The predicted octanol–water partition coefficient (Wildman–Crippen LogP) is 6.81. The van der Waals surface area contributed by atoms with Crippen molar-refractivity contribution < 1.29 is 0 Å². The molecular formula is C23H33B. The monoisotopic (exact) mass is 320 g/mol. The Morgan fingerprint density at radius 3 is 2.08 bits per heavy atom. The summed E-state index contributed by atoms with van der Waals surface area (Å²) in [6.45, 7) is 6.19. The van der Waals surface area contributed by atoms with Crippen LogP contribution in [0.15, 0.2) is 30.3 Å². The van der Waals surface area contributed by atoms with Crippen LogP contribution < -0.4 is 0 Å². The van der Waals surface area contributed by atoms with Gasteiger partial charge in [0.15, 0.2) is 0 Å². The Morgan fingerprint density at radius 2 is 1.50 bits per heavy atom. The van der Waals surface area contributed by atoms with Crippen LogP contribution in [-0.4, -0.2) is 6.71 Å². The minimum absolute atomic E-state index is 0.584. The molecule has 6 rings (SSSR count). The van der Waals surface area contributed by atoms with Gasteiger partial charge in [-0.25, -0.2) is 0 Å². The van der Waals surface area contributed by atoms with E-state index in [2.05, 4.69) is 44.2 Å². The first kappa shape index (κ1) is 15.5. The van der Waals surface area contributed by atoms with Gasteiger partial charge < -0.3 is 0 Å². The van der Waals surface area contributed by atoms with Crippen molar-refractivity contribution in [3.05, 3.63) is 35.9 Å². The molecule has 1 aromatic carbocycles. The molecule has 5 fully saturated rings. The molecule has 4 atom stereocenters. The summed E-state index contributed by atoms with van der Waals surface area (Å²) in [6, 6.07) is 11.7. The second-order valence-corrected chi connectivity index (χ2v) is 10.2. The first-order valence-corrected chi connectivity index (χ1v) is 10.7. The molecule has 0 unspecified atom stereocenters. The van der Waals surface area contributed by atoms with E-state index in [0.29, 0.717) is 5.41 Å². The van der Waals surface area contributed by atoms with Gasteiger partial charge in [-0.2, -0.15) is 0 Å². The lowest BCUT2D eigenvalue weighted by molar-refractivity contribution is -0.0815. The van der Waals surface area contributed by atoms with Crippen LogP contribution in [0.1, 0.15) is 76.7 Å². The van der Waals surface area contributed by atoms with E-state index in [0.717, 1.165) is 41.9 Å². The summed E-state index contributed by atoms with van der Waals surface area (Å²) >= 11 is 0. The van der Waals surface area contributed by atoms with Gasteiger partial charge in [0.25, 0.3) is 0 Å². The number of benzene rings is 1. The second-order valence-electron chi connectivity index (χ2n) is 10.2. The van der Waals surface area contributed by atoms with E-state index in [4.69, 9.17) is 0 Å². The van der Waals surface area contributed by atoms with Crippen molar-refractivity contribution in [1.29, 1.82) is 0 Å². The van der Waals surface area contributed by atoms with E-state index in [9.17, 15) is 0 Å². The Bertz CT molecular complexity index is 569. The zero-order valence-electron chi connectivity index (χ0n) is 15.6. The molecule has 3 saturated carbocycles. The highest BCUT2D eigenvalue weighted by Crippen LogP contribution is 2.70. The van der Waals surface area contributed by atoms with E-state index < -0.39 is 0 Å². The summed E-state index contributed by atoms with van der Waals surface area (Å²) in [5, 5.41) is 0. The molecule has 5 aliphatic rings. The third kappa shape index (κ3) is 2.19. The highest BCUT2D eigenvalue weighted by molar-refractivity contribution is 6.64. The zero-order chi connectivity index (χ0) is 16.3. The van der Waals surface area contributed by atoms with Crippen LogP contribution in [0.5, 0.6) is 0 Å². The molecule has 128 valence electrons. The minimum Gasteiger partial charge on any atom is -0.0622 e. The fraction of sp³-hybridized carbons (Fsp3) is 0.739. The van der Waals surface area contributed by atoms with Crippen molar-refractivity contribution in [2.45, 2.75) is 88.6 Å². The third-order valence-electron chi connectivity index (χ3n) is 9.06. The molecule has 4 bridgehead atoms. The van der Waals surface area contributed by atoms with Crippen LogP contribution in [0.2, 0.25) is 17.5 Å². The lowest BCUT2D eigenvalue weighted by Crippen LogP contribution is -2.57. The topological polar surface area (TPSA) is 0 Å². The van der Waals surface area contributed by atoms with Crippen molar-refractivity contribution in [2.75, 3.05) is 0 Å². The van der Waals surface area contributed by atoms with Crippen LogP contribution in [0, 0.1) is 17.3 Å². The van der Waals surface area contributed by atoms with Gasteiger partial charge in [-0.15, -0.1) is 0 Å². The normalized spacial score (nSPS) is 43.2. The average molecular weight is 320 g/mol. The summed E-state index contributed by atoms with van der Waals surface area (Å²) in [6.07, 6.45) is 12.2. The maximum atomic E-state index is 2.57. The molecule has 0 nitrogen and oxygen atoms in total. The Hall–Kier alpha value is -0.715. The Balaban J connectivity index is 1.52. The Kier molecular flexibility index (Phi) is 3.65. The molecule has 0 aromatic heterocycles. The average Bonchev–Trinajstić information content (AvgIpc) is 2.61. The SMILES string of the molecule is CC1(C)[C@H]2C[C@@H](B3C4CCCC3CCC4)[C@H](c3ccccc3)[C@@H]1C2. The summed E-state index contributed by atoms with van der Waals surface area (Å²) < 4.78 is 0. The zero-order valence-corrected chi connectivity index (χ0v) is 15.6. The van der Waals surface area contributed by atoms with Crippen LogP contribution in [-0.2, 0) is 0 Å². The molecule has 0 spiro atoms. The van der Waals surface area contributed by atoms with Gasteiger partial charge in [-0.05, 0) is 35.2 Å². The molecule has 3 aliphatic carbocycles. The van der Waals surface area contributed by atoms with Crippen LogP contribution in [0.25, 0.3) is 0 Å². The molecule has 0 amide bonds. The van der Waals surface area contributed by atoms with E-state index in [1.54, 1.807) is 5.56 Å². The number of hydrogen-bond acceptors (Lipinski definition) is 0. The smallest absolute Gasteiger partial charge is 0.0622 e. The first-order valence-electron chi connectivity index (χ1n) is 10.7. The van der Waals surface area contributed by atoms with Gasteiger partial charge in [0, 0.05) is 0 Å². The van der Waals surface area contributed by atoms with E-state index >= 15 is 0 Å². The van der Waals surface area contributed by atoms with Gasteiger partial charge in [-0.1, -0.05) is 107 Å². The molecule has 1 heteroatoms. The van der Waals surface area contributed by atoms with Crippen molar-refractivity contribution >= 4 is 6.71 Å². The highest BCUT2D eigenvalue weighted by atomic mass is 14.6. The number of rotatable bonds is 2. The predicted molar refractivity (Wildman–Crippen MR) is 104 cm³/mol. The molecule has 2 saturated heterocycles. The standard InChI is InChI=1S/C23H33B/c1-23(2)17-14-20(23)22(16-8-4-3-5-9-16)21(15-17)24-18-10-6-11-19(24)13-7-12-18/h3-5,8-9,17-22H,6-7,10-15H2,1-2H3/t17-,18?,19?,20+,21-,22-/m1/s1. The fourth-order valence-electron chi connectivity index (χ4n) is 7.82. The summed E-state index contributed by atoms with van der Waals surface area (Å²) in [4.78, 5) is 0. The Morgan fingerprint density at radius 1 is 0.875 bits per heavy atom. The first-order chi connectivity index (χ1) is 11.7. The fourth-order valence-corrected chi connectivity index (χ4v) is 7.82.